The predicted molar refractivity (Wildman–Crippen MR) is 80.5 cm³/mol. The van der Waals surface area contributed by atoms with E-state index in [4.69, 9.17) is 0 Å². The first-order valence-electron chi connectivity index (χ1n) is 6.63. The molecule has 3 rings (SSSR count). The summed E-state index contributed by atoms with van der Waals surface area (Å²) in [7, 11) is 0. The quantitative estimate of drug-likeness (QED) is 0.652. The summed E-state index contributed by atoms with van der Waals surface area (Å²) in [5.41, 5.74) is 5.17. The van der Waals surface area contributed by atoms with Gasteiger partial charge in [-0.1, -0.05) is 42.5 Å². The molecule has 0 bridgehead atoms. The highest BCUT2D eigenvalue weighted by Crippen LogP contribution is 2.20. The van der Waals surface area contributed by atoms with Gasteiger partial charge < -0.3 is 0 Å². The van der Waals surface area contributed by atoms with E-state index in [0.29, 0.717) is 0 Å². The van der Waals surface area contributed by atoms with Crippen LogP contribution in [0.25, 0.3) is 10.8 Å². The van der Waals surface area contributed by atoms with Crippen molar-refractivity contribution in [3.63, 3.8) is 0 Å². The van der Waals surface area contributed by atoms with Gasteiger partial charge in [-0.05, 0) is 42.0 Å². The molecule has 1 nitrogen and oxygen atoms in total. The highest BCUT2D eigenvalue weighted by molar-refractivity contribution is 5.84. The van der Waals surface area contributed by atoms with Crippen LogP contribution in [0, 0.1) is 13.8 Å². The number of pyridine rings is 1. The fraction of sp³-hybridized carbons (Fsp3) is 0.167. The summed E-state index contributed by atoms with van der Waals surface area (Å²) in [5.74, 6) is 0. The van der Waals surface area contributed by atoms with Crippen LogP contribution in [0.15, 0.2) is 54.7 Å². The Morgan fingerprint density at radius 1 is 0.895 bits per heavy atom. The summed E-state index contributed by atoms with van der Waals surface area (Å²) >= 11 is 0. The fourth-order valence-corrected chi connectivity index (χ4v) is 2.43. The molecular weight excluding hydrogens is 230 g/mol. The van der Waals surface area contributed by atoms with Crippen molar-refractivity contribution in [1.29, 1.82) is 0 Å². The van der Waals surface area contributed by atoms with Crippen LogP contribution in [0.1, 0.15) is 22.4 Å². The lowest BCUT2D eigenvalue weighted by molar-refractivity contribution is 1.09. The number of nitrogens with zero attached hydrogens (tertiary/aromatic N) is 1. The molecule has 1 heteroatoms. The third kappa shape index (κ3) is 2.37. The SMILES string of the molecule is Cc1ccc(Cc2nccc3ccccc23)cc1C. The number of hydrogen-bond acceptors (Lipinski definition) is 1. The molecule has 2 aromatic carbocycles. The van der Waals surface area contributed by atoms with Crippen LogP contribution >= 0.6 is 0 Å². The maximum Gasteiger partial charge on any atom is 0.0525 e. The number of hydrogen-bond donors (Lipinski definition) is 0. The largest absolute Gasteiger partial charge is 0.260 e. The maximum atomic E-state index is 4.55. The normalized spacial score (nSPS) is 10.8. The third-order valence-electron chi connectivity index (χ3n) is 3.70. The molecule has 0 amide bonds. The zero-order valence-electron chi connectivity index (χ0n) is 11.4. The van der Waals surface area contributed by atoms with Gasteiger partial charge in [0.2, 0.25) is 0 Å². The van der Waals surface area contributed by atoms with Crippen LogP contribution in [0.2, 0.25) is 0 Å². The molecular formula is C18H17N. The van der Waals surface area contributed by atoms with Crippen molar-refractivity contribution < 1.29 is 0 Å². The van der Waals surface area contributed by atoms with E-state index < -0.39 is 0 Å². The molecule has 0 fully saturated rings. The van der Waals surface area contributed by atoms with Gasteiger partial charge in [0.05, 0.1) is 5.69 Å². The maximum absolute atomic E-state index is 4.55. The van der Waals surface area contributed by atoms with Crippen molar-refractivity contribution in [1.82, 2.24) is 4.98 Å². The molecule has 94 valence electrons. The minimum Gasteiger partial charge on any atom is -0.260 e. The number of benzene rings is 2. The van der Waals surface area contributed by atoms with E-state index in [9.17, 15) is 0 Å². The second-order valence-corrected chi connectivity index (χ2v) is 5.07. The molecule has 19 heavy (non-hydrogen) atoms. The second kappa shape index (κ2) is 4.85. The van der Waals surface area contributed by atoms with E-state index >= 15 is 0 Å². The number of aryl methyl sites for hydroxylation is 2. The van der Waals surface area contributed by atoms with E-state index in [2.05, 4.69) is 67.4 Å². The molecule has 0 saturated heterocycles. The summed E-state index contributed by atoms with van der Waals surface area (Å²) in [5, 5.41) is 2.51. The molecule has 0 atom stereocenters. The average molecular weight is 247 g/mol. The Morgan fingerprint density at radius 2 is 1.74 bits per heavy atom. The Kier molecular flexibility index (Phi) is 3.04. The van der Waals surface area contributed by atoms with Crippen molar-refractivity contribution in [3.8, 4) is 0 Å². The Labute approximate surface area is 113 Å². The monoisotopic (exact) mass is 247 g/mol. The minimum atomic E-state index is 0.891. The lowest BCUT2D eigenvalue weighted by Gasteiger charge is -2.07. The van der Waals surface area contributed by atoms with Gasteiger partial charge in [-0.2, -0.15) is 0 Å². The molecule has 0 aliphatic heterocycles. The fourth-order valence-electron chi connectivity index (χ4n) is 2.43. The predicted octanol–water partition coefficient (Wildman–Crippen LogP) is 4.44. The van der Waals surface area contributed by atoms with Crippen LogP contribution in [-0.2, 0) is 6.42 Å². The Balaban J connectivity index is 2.03. The third-order valence-corrected chi connectivity index (χ3v) is 3.70. The van der Waals surface area contributed by atoms with Gasteiger partial charge >= 0.3 is 0 Å². The van der Waals surface area contributed by atoms with Crippen LogP contribution < -0.4 is 0 Å². The molecule has 0 saturated carbocycles. The first kappa shape index (κ1) is 11.9. The lowest BCUT2D eigenvalue weighted by atomic mass is 10.0. The van der Waals surface area contributed by atoms with Crippen molar-refractivity contribution in [2.45, 2.75) is 20.3 Å². The van der Waals surface area contributed by atoms with E-state index in [-0.39, 0.29) is 0 Å². The summed E-state index contributed by atoms with van der Waals surface area (Å²) in [4.78, 5) is 4.55. The smallest absolute Gasteiger partial charge is 0.0525 e. The zero-order valence-corrected chi connectivity index (χ0v) is 11.4. The van der Waals surface area contributed by atoms with Crippen LogP contribution in [0.4, 0.5) is 0 Å². The highest BCUT2D eigenvalue weighted by atomic mass is 14.7. The topological polar surface area (TPSA) is 12.9 Å². The molecule has 0 unspecified atom stereocenters. The van der Waals surface area contributed by atoms with Crippen molar-refractivity contribution >= 4 is 10.8 Å². The van der Waals surface area contributed by atoms with Gasteiger partial charge in [0.25, 0.3) is 0 Å². The van der Waals surface area contributed by atoms with E-state index in [0.717, 1.165) is 12.1 Å². The summed E-state index contributed by atoms with van der Waals surface area (Å²) in [6.07, 6.45) is 2.79. The Hall–Kier alpha value is -2.15. The molecule has 0 aliphatic rings. The van der Waals surface area contributed by atoms with Crippen LogP contribution in [-0.4, -0.2) is 4.98 Å². The van der Waals surface area contributed by atoms with Gasteiger partial charge in [-0.15, -0.1) is 0 Å². The first-order valence-corrected chi connectivity index (χ1v) is 6.63. The number of aromatic nitrogens is 1. The lowest BCUT2D eigenvalue weighted by Crippen LogP contribution is -1.94. The molecule has 0 radical (unpaired) electrons. The molecule has 0 aliphatic carbocycles. The van der Waals surface area contributed by atoms with Crippen LogP contribution in [0.3, 0.4) is 0 Å². The number of fused-ring (bicyclic) bond motifs is 1. The van der Waals surface area contributed by atoms with E-state index in [1.54, 1.807) is 0 Å². The molecule has 0 N–H and O–H groups in total. The number of rotatable bonds is 2. The van der Waals surface area contributed by atoms with E-state index in [1.165, 1.54) is 27.5 Å². The first-order chi connectivity index (χ1) is 9.24. The van der Waals surface area contributed by atoms with Crippen molar-refractivity contribution in [3.05, 3.63) is 77.1 Å². The standard InChI is InChI=1S/C18H17N/c1-13-7-8-15(11-14(13)2)12-18-17-6-4-3-5-16(17)9-10-19-18/h3-11H,12H2,1-2H3. The Bertz CT molecular complexity index is 723. The van der Waals surface area contributed by atoms with Crippen molar-refractivity contribution in [2.24, 2.45) is 0 Å². The molecule has 0 spiro atoms. The van der Waals surface area contributed by atoms with Crippen molar-refractivity contribution in [2.75, 3.05) is 0 Å². The molecule has 3 aromatic rings. The molecule has 1 aromatic heterocycles. The zero-order chi connectivity index (χ0) is 13.2. The van der Waals surface area contributed by atoms with Gasteiger partial charge in [0.15, 0.2) is 0 Å². The summed E-state index contributed by atoms with van der Waals surface area (Å²) in [6.45, 7) is 4.31. The van der Waals surface area contributed by atoms with Gasteiger partial charge in [0.1, 0.15) is 0 Å². The molecule has 1 heterocycles. The van der Waals surface area contributed by atoms with Gasteiger partial charge in [-0.3, -0.25) is 4.98 Å². The van der Waals surface area contributed by atoms with Gasteiger partial charge in [-0.25, -0.2) is 0 Å². The van der Waals surface area contributed by atoms with E-state index in [1.807, 2.05) is 6.20 Å². The Morgan fingerprint density at radius 3 is 2.58 bits per heavy atom. The summed E-state index contributed by atoms with van der Waals surface area (Å²) < 4.78 is 0. The average Bonchev–Trinajstić information content (AvgIpc) is 2.43. The summed E-state index contributed by atoms with van der Waals surface area (Å²) in [6, 6.07) is 17.2. The van der Waals surface area contributed by atoms with Crippen LogP contribution in [0.5, 0.6) is 0 Å². The second-order valence-electron chi connectivity index (χ2n) is 5.07. The minimum absolute atomic E-state index is 0.891. The highest BCUT2D eigenvalue weighted by Gasteiger charge is 2.04. The van der Waals surface area contributed by atoms with Gasteiger partial charge in [0, 0.05) is 18.0 Å².